The van der Waals surface area contributed by atoms with Crippen LogP contribution in [0.5, 0.6) is 0 Å². The lowest BCUT2D eigenvalue weighted by molar-refractivity contribution is 0.102. The van der Waals surface area contributed by atoms with Crippen LogP contribution in [0.4, 0.5) is 5.82 Å². The zero-order valence-electron chi connectivity index (χ0n) is 16.4. The third-order valence-electron chi connectivity index (χ3n) is 5.22. The zero-order chi connectivity index (χ0) is 21.4. The van der Waals surface area contributed by atoms with Gasteiger partial charge in [0.1, 0.15) is 11.5 Å². The highest BCUT2D eigenvalue weighted by atomic mass is 127. The Kier molecular flexibility index (Phi) is 5.45. The fraction of sp³-hybridized carbons (Fsp3) is 0.182. The van der Waals surface area contributed by atoms with Gasteiger partial charge in [-0.1, -0.05) is 18.2 Å². The Morgan fingerprint density at radius 2 is 2.00 bits per heavy atom. The molecule has 1 aliphatic carbocycles. The van der Waals surface area contributed by atoms with Crippen molar-refractivity contribution in [3.63, 3.8) is 0 Å². The van der Waals surface area contributed by atoms with Gasteiger partial charge in [-0.2, -0.15) is 9.78 Å². The number of hydrogen-bond donors (Lipinski definition) is 2. The lowest BCUT2D eigenvalue weighted by atomic mass is 9.97. The molecule has 0 fully saturated rings. The Labute approximate surface area is 195 Å². The van der Waals surface area contributed by atoms with Crippen molar-refractivity contribution in [2.75, 3.05) is 5.32 Å². The molecule has 0 atom stereocenters. The first-order chi connectivity index (χ1) is 15.1. The molecule has 1 aromatic carbocycles. The Morgan fingerprint density at radius 3 is 2.81 bits per heavy atom. The number of nitrogens with one attached hydrogen (secondary N) is 2. The van der Waals surface area contributed by atoms with Crippen molar-refractivity contribution in [2.45, 2.75) is 25.7 Å². The average molecular weight is 543 g/mol. The summed E-state index contributed by atoms with van der Waals surface area (Å²) in [5, 5.41) is 9.58. The van der Waals surface area contributed by atoms with E-state index >= 15 is 0 Å². The van der Waals surface area contributed by atoms with Crippen LogP contribution < -0.4 is 10.9 Å². The van der Waals surface area contributed by atoms with Crippen molar-refractivity contribution in [2.24, 2.45) is 0 Å². The molecule has 9 heteroatoms. The van der Waals surface area contributed by atoms with Gasteiger partial charge >= 0.3 is 0 Å². The normalized spacial score (nSPS) is 13.1. The second-order valence-electron chi connectivity index (χ2n) is 7.26. The molecule has 1 aliphatic rings. The first-order valence-electron chi connectivity index (χ1n) is 9.92. The minimum absolute atomic E-state index is 0.136. The molecule has 2 N–H and O–H groups in total. The molecule has 3 heterocycles. The van der Waals surface area contributed by atoms with E-state index in [1.807, 2.05) is 35.7 Å². The Hall–Kier alpha value is -2.79. The summed E-state index contributed by atoms with van der Waals surface area (Å²) in [7, 11) is 0. The third kappa shape index (κ3) is 3.94. The van der Waals surface area contributed by atoms with Crippen molar-refractivity contribution in [3.8, 4) is 16.5 Å². The van der Waals surface area contributed by atoms with E-state index in [1.165, 1.54) is 4.68 Å². The number of nitrogens with zero attached hydrogens (tertiary/aromatic N) is 3. The van der Waals surface area contributed by atoms with Gasteiger partial charge in [-0.05, 0) is 71.9 Å². The number of hydrogen-bond acceptors (Lipinski definition) is 5. The van der Waals surface area contributed by atoms with Crippen LogP contribution in [0, 0.1) is 3.57 Å². The number of fused-ring (bicyclic) bond motifs is 1. The van der Waals surface area contributed by atoms with E-state index in [-0.39, 0.29) is 11.5 Å². The van der Waals surface area contributed by atoms with Crippen molar-refractivity contribution in [3.05, 3.63) is 78.6 Å². The molecular formula is C22H18IN5O2S. The second-order valence-corrected chi connectivity index (χ2v) is 9.37. The van der Waals surface area contributed by atoms with Gasteiger partial charge in [0.25, 0.3) is 11.5 Å². The largest absolute Gasteiger partial charge is 0.306 e. The summed E-state index contributed by atoms with van der Waals surface area (Å²) in [5.41, 5.74) is 2.70. The van der Waals surface area contributed by atoms with Crippen LogP contribution >= 0.6 is 33.9 Å². The van der Waals surface area contributed by atoms with Gasteiger partial charge in [0.15, 0.2) is 0 Å². The number of benzene rings is 1. The van der Waals surface area contributed by atoms with Gasteiger partial charge in [-0.3, -0.25) is 14.6 Å². The first kappa shape index (κ1) is 20.1. The molecule has 5 rings (SSSR count). The van der Waals surface area contributed by atoms with Gasteiger partial charge < -0.3 is 5.32 Å². The number of aryl methyl sites for hydroxylation is 1. The topological polar surface area (TPSA) is 92.7 Å². The number of aromatic amines is 1. The summed E-state index contributed by atoms with van der Waals surface area (Å²) in [4.78, 5) is 34.2. The summed E-state index contributed by atoms with van der Waals surface area (Å²) < 4.78 is 2.36. The highest BCUT2D eigenvalue weighted by Gasteiger charge is 2.21. The van der Waals surface area contributed by atoms with E-state index in [9.17, 15) is 9.59 Å². The average Bonchev–Trinajstić information content (AvgIpc) is 3.44. The summed E-state index contributed by atoms with van der Waals surface area (Å²) in [6.45, 7) is 0. The number of halogens is 1. The van der Waals surface area contributed by atoms with E-state index in [2.05, 4.69) is 38.0 Å². The van der Waals surface area contributed by atoms with Gasteiger partial charge in [-0.15, -0.1) is 11.3 Å². The highest BCUT2D eigenvalue weighted by molar-refractivity contribution is 14.1. The molecule has 0 aliphatic heterocycles. The molecule has 0 radical (unpaired) electrons. The molecule has 0 unspecified atom stereocenters. The predicted molar refractivity (Wildman–Crippen MR) is 129 cm³/mol. The zero-order valence-corrected chi connectivity index (χ0v) is 19.4. The van der Waals surface area contributed by atoms with Crippen molar-refractivity contribution in [1.29, 1.82) is 0 Å². The molecule has 0 saturated heterocycles. The molecule has 31 heavy (non-hydrogen) atoms. The van der Waals surface area contributed by atoms with Gasteiger partial charge in [0, 0.05) is 15.2 Å². The smallest absolute Gasteiger partial charge is 0.257 e. The third-order valence-corrected chi connectivity index (χ3v) is 7.06. The van der Waals surface area contributed by atoms with E-state index in [4.69, 9.17) is 4.98 Å². The van der Waals surface area contributed by atoms with Crippen LogP contribution in [0.25, 0.3) is 16.5 Å². The molecule has 0 saturated carbocycles. The fourth-order valence-electron chi connectivity index (χ4n) is 3.70. The van der Waals surface area contributed by atoms with E-state index in [0.717, 1.165) is 45.4 Å². The maximum atomic E-state index is 13.0. The summed E-state index contributed by atoms with van der Waals surface area (Å²) >= 11 is 3.69. The molecule has 1 amide bonds. The maximum absolute atomic E-state index is 13.0. The molecular weight excluding hydrogens is 525 g/mol. The molecule has 156 valence electrons. The molecule has 0 spiro atoms. The lowest BCUT2D eigenvalue weighted by Gasteiger charge is -2.15. The first-order valence-corrected chi connectivity index (χ1v) is 11.9. The molecule has 7 nitrogen and oxygen atoms in total. The predicted octanol–water partition coefficient (Wildman–Crippen LogP) is 4.42. The standard InChI is InChI=1S/C22H18IN5O2S/c23-15-8-3-1-6-13(15)20(29)25-19-12-17(18-10-5-11-31-18)27-28(19)22-24-16-9-4-2-7-14(16)21(30)26-22/h1,3,5-6,8,10-12H,2,4,7,9H2,(H,25,29)(H,24,26,30). The number of H-pyrrole nitrogens is 1. The Morgan fingerprint density at radius 1 is 1.16 bits per heavy atom. The number of thiophene rings is 1. The number of carbonyl (C=O) groups is 1. The number of carbonyl (C=O) groups excluding carboxylic acids is 1. The molecule has 3 aromatic heterocycles. The maximum Gasteiger partial charge on any atom is 0.257 e. The minimum atomic E-state index is -0.246. The number of anilines is 1. The number of aromatic nitrogens is 4. The molecule has 4 aromatic rings. The van der Waals surface area contributed by atoms with Crippen molar-refractivity contribution >= 4 is 45.7 Å². The van der Waals surface area contributed by atoms with Crippen LogP contribution in [0.1, 0.15) is 34.5 Å². The number of amides is 1. The quantitative estimate of drug-likeness (QED) is 0.373. The highest BCUT2D eigenvalue weighted by Crippen LogP contribution is 2.28. The fourth-order valence-corrected chi connectivity index (χ4v) is 5.01. The summed E-state index contributed by atoms with van der Waals surface area (Å²) in [5.74, 6) is 0.516. The SMILES string of the molecule is O=C(Nc1cc(-c2cccs2)nn1-c1nc2c(c(=O)[nH]1)CCCC2)c1ccccc1I. The van der Waals surface area contributed by atoms with Crippen LogP contribution in [0.15, 0.2) is 52.6 Å². The van der Waals surface area contributed by atoms with E-state index in [1.54, 1.807) is 23.5 Å². The number of rotatable bonds is 4. The minimum Gasteiger partial charge on any atom is -0.306 e. The van der Waals surface area contributed by atoms with E-state index < -0.39 is 0 Å². The van der Waals surface area contributed by atoms with Crippen LogP contribution in [-0.2, 0) is 12.8 Å². The summed E-state index contributed by atoms with van der Waals surface area (Å²) in [6, 6.07) is 13.1. The lowest BCUT2D eigenvalue weighted by Crippen LogP contribution is -2.25. The van der Waals surface area contributed by atoms with Crippen molar-refractivity contribution < 1.29 is 4.79 Å². The van der Waals surface area contributed by atoms with Crippen LogP contribution in [0.3, 0.4) is 0 Å². The van der Waals surface area contributed by atoms with Crippen LogP contribution in [-0.4, -0.2) is 25.7 Å². The van der Waals surface area contributed by atoms with Gasteiger partial charge in [0.2, 0.25) is 5.95 Å². The Balaban J connectivity index is 1.60. The molecule has 0 bridgehead atoms. The van der Waals surface area contributed by atoms with E-state index in [0.29, 0.717) is 23.0 Å². The summed E-state index contributed by atoms with van der Waals surface area (Å²) in [6.07, 6.45) is 3.53. The second kappa shape index (κ2) is 8.39. The van der Waals surface area contributed by atoms with Gasteiger partial charge in [-0.25, -0.2) is 4.98 Å². The van der Waals surface area contributed by atoms with Crippen LogP contribution in [0.2, 0.25) is 0 Å². The van der Waals surface area contributed by atoms with Gasteiger partial charge in [0.05, 0.1) is 16.1 Å². The van der Waals surface area contributed by atoms with Crippen molar-refractivity contribution in [1.82, 2.24) is 19.7 Å². The Bertz CT molecular complexity index is 1330. The monoisotopic (exact) mass is 543 g/mol.